The van der Waals surface area contributed by atoms with Crippen molar-refractivity contribution in [1.29, 1.82) is 0 Å². The van der Waals surface area contributed by atoms with Crippen molar-refractivity contribution in [1.82, 2.24) is 0 Å². The van der Waals surface area contributed by atoms with Crippen molar-refractivity contribution in [3.63, 3.8) is 0 Å². The predicted octanol–water partition coefficient (Wildman–Crippen LogP) is 4.20. The summed E-state index contributed by atoms with van der Waals surface area (Å²) in [4.78, 5) is 25.9. The average Bonchev–Trinajstić information content (AvgIpc) is 2.56. The number of hydrogen-bond acceptors (Lipinski definition) is 3. The molecule has 6 heteroatoms. The van der Waals surface area contributed by atoms with E-state index in [9.17, 15) is 9.59 Å². The molecule has 0 bridgehead atoms. The number of halogens is 2. The zero-order valence-electron chi connectivity index (χ0n) is 12.6. The number of ether oxygens (including phenoxy) is 1. The Morgan fingerprint density at radius 2 is 1.70 bits per heavy atom. The third kappa shape index (κ3) is 4.24. The summed E-state index contributed by atoms with van der Waals surface area (Å²) in [6.45, 7) is 1.52. The number of carbonyl (C=O) groups excluding carboxylic acids is 2. The molecule has 0 N–H and O–H groups in total. The molecule has 0 aliphatic heterocycles. The van der Waals surface area contributed by atoms with Crippen LogP contribution in [0, 0.1) is 0 Å². The number of carbonyl (C=O) groups is 2. The maximum atomic E-state index is 12.3. The normalized spacial score (nSPS) is 11.7. The smallest absolute Gasteiger partial charge is 0.338 e. The molecule has 120 valence electrons. The van der Waals surface area contributed by atoms with Crippen molar-refractivity contribution in [2.24, 2.45) is 0 Å². The molecule has 0 radical (unpaired) electrons. The summed E-state index contributed by atoms with van der Waals surface area (Å²) in [7, 11) is 1.63. The lowest BCUT2D eigenvalue weighted by Gasteiger charge is -2.21. The SMILES string of the molecule is C[C@@H](OC(=O)c1ccc(Cl)c(Cl)c1)C(=O)N(C)c1ccccc1. The Bertz CT molecular complexity index is 719. The first-order valence-electron chi connectivity index (χ1n) is 6.89. The molecular formula is C17H15Cl2NO3. The van der Waals surface area contributed by atoms with Crippen molar-refractivity contribution >= 4 is 40.8 Å². The van der Waals surface area contributed by atoms with E-state index in [1.54, 1.807) is 19.2 Å². The van der Waals surface area contributed by atoms with Gasteiger partial charge in [-0.2, -0.15) is 0 Å². The fourth-order valence-electron chi connectivity index (χ4n) is 1.95. The number of nitrogens with zero attached hydrogens (tertiary/aromatic N) is 1. The van der Waals surface area contributed by atoms with Gasteiger partial charge in [-0.05, 0) is 37.3 Å². The molecule has 4 nitrogen and oxygen atoms in total. The number of para-hydroxylation sites is 1. The molecule has 0 saturated heterocycles. The van der Waals surface area contributed by atoms with Gasteiger partial charge in [-0.25, -0.2) is 4.79 Å². The van der Waals surface area contributed by atoms with Crippen LogP contribution in [0.2, 0.25) is 10.0 Å². The minimum atomic E-state index is -0.929. The van der Waals surface area contributed by atoms with E-state index in [-0.39, 0.29) is 16.5 Å². The van der Waals surface area contributed by atoms with E-state index < -0.39 is 12.1 Å². The van der Waals surface area contributed by atoms with Crippen molar-refractivity contribution < 1.29 is 14.3 Å². The van der Waals surface area contributed by atoms with Gasteiger partial charge in [0, 0.05) is 12.7 Å². The zero-order chi connectivity index (χ0) is 17.0. The van der Waals surface area contributed by atoms with Gasteiger partial charge in [0.25, 0.3) is 5.91 Å². The van der Waals surface area contributed by atoms with Gasteiger partial charge in [-0.15, -0.1) is 0 Å². The van der Waals surface area contributed by atoms with Crippen molar-refractivity contribution in [2.75, 3.05) is 11.9 Å². The number of amides is 1. The Balaban J connectivity index is 2.05. The first-order valence-corrected chi connectivity index (χ1v) is 7.64. The molecular weight excluding hydrogens is 337 g/mol. The molecule has 0 unspecified atom stereocenters. The van der Waals surface area contributed by atoms with Crippen LogP contribution in [-0.4, -0.2) is 25.0 Å². The van der Waals surface area contributed by atoms with Crippen LogP contribution >= 0.6 is 23.2 Å². The number of esters is 1. The largest absolute Gasteiger partial charge is 0.449 e. The summed E-state index contributed by atoms with van der Waals surface area (Å²) < 4.78 is 5.20. The van der Waals surface area contributed by atoms with Crippen LogP contribution in [0.3, 0.4) is 0 Å². The fourth-order valence-corrected chi connectivity index (χ4v) is 2.25. The highest BCUT2D eigenvalue weighted by molar-refractivity contribution is 6.42. The highest BCUT2D eigenvalue weighted by Crippen LogP contribution is 2.23. The van der Waals surface area contributed by atoms with Crippen molar-refractivity contribution in [3.05, 3.63) is 64.1 Å². The summed E-state index contributed by atoms with van der Waals surface area (Å²) in [5, 5.41) is 0.595. The zero-order valence-corrected chi connectivity index (χ0v) is 14.1. The van der Waals surface area contributed by atoms with Gasteiger partial charge in [-0.3, -0.25) is 4.79 Å². The number of benzene rings is 2. The highest BCUT2D eigenvalue weighted by Gasteiger charge is 2.23. The Kier molecular flexibility index (Phi) is 5.64. The van der Waals surface area contributed by atoms with Gasteiger partial charge in [0.1, 0.15) is 0 Å². The number of anilines is 1. The third-order valence-corrected chi connectivity index (χ3v) is 4.00. The average molecular weight is 352 g/mol. The molecule has 0 saturated carbocycles. The molecule has 0 heterocycles. The second-order valence-electron chi connectivity index (χ2n) is 4.91. The topological polar surface area (TPSA) is 46.6 Å². The van der Waals surface area contributed by atoms with Crippen LogP contribution in [0.25, 0.3) is 0 Å². The summed E-state index contributed by atoms with van der Waals surface area (Å²) in [6, 6.07) is 13.5. The minimum Gasteiger partial charge on any atom is -0.449 e. The van der Waals surface area contributed by atoms with Gasteiger partial charge in [0.05, 0.1) is 15.6 Å². The standard InChI is InChI=1S/C17H15Cl2NO3/c1-11(16(21)20(2)13-6-4-3-5-7-13)23-17(22)12-8-9-14(18)15(19)10-12/h3-11H,1-2H3/t11-/m1/s1. The first-order chi connectivity index (χ1) is 10.9. The van der Waals surface area contributed by atoms with Gasteiger partial charge in [0.15, 0.2) is 6.10 Å². The summed E-state index contributed by atoms with van der Waals surface area (Å²) >= 11 is 11.7. The second-order valence-corrected chi connectivity index (χ2v) is 5.72. The Morgan fingerprint density at radius 1 is 1.04 bits per heavy atom. The maximum absolute atomic E-state index is 12.3. The summed E-state index contributed by atoms with van der Waals surface area (Å²) in [6.07, 6.45) is -0.929. The quantitative estimate of drug-likeness (QED) is 0.775. The van der Waals surface area contributed by atoms with Crippen LogP contribution in [-0.2, 0) is 9.53 Å². The minimum absolute atomic E-state index is 0.237. The van der Waals surface area contributed by atoms with Crippen LogP contribution in [0.4, 0.5) is 5.69 Å². The molecule has 0 aliphatic carbocycles. The lowest BCUT2D eigenvalue weighted by atomic mass is 10.2. The monoisotopic (exact) mass is 351 g/mol. The molecule has 0 aromatic heterocycles. The molecule has 0 spiro atoms. The van der Waals surface area contributed by atoms with E-state index >= 15 is 0 Å². The maximum Gasteiger partial charge on any atom is 0.338 e. The molecule has 0 fully saturated rings. The van der Waals surface area contributed by atoms with Crippen LogP contribution in [0.15, 0.2) is 48.5 Å². The van der Waals surface area contributed by atoms with E-state index in [2.05, 4.69) is 0 Å². The van der Waals surface area contributed by atoms with Gasteiger partial charge < -0.3 is 9.64 Å². The van der Waals surface area contributed by atoms with Crippen molar-refractivity contribution in [3.8, 4) is 0 Å². The summed E-state index contributed by atoms with van der Waals surface area (Å²) in [5.41, 5.74) is 0.955. The predicted molar refractivity (Wildman–Crippen MR) is 91.2 cm³/mol. The van der Waals surface area contributed by atoms with Crippen LogP contribution in [0.5, 0.6) is 0 Å². The van der Waals surface area contributed by atoms with E-state index in [0.29, 0.717) is 5.02 Å². The first kappa shape index (κ1) is 17.3. The second kappa shape index (κ2) is 7.49. The molecule has 2 aromatic rings. The Labute approximate surface area is 144 Å². The highest BCUT2D eigenvalue weighted by atomic mass is 35.5. The van der Waals surface area contributed by atoms with E-state index in [1.165, 1.54) is 30.0 Å². The molecule has 1 amide bonds. The number of hydrogen-bond donors (Lipinski definition) is 0. The molecule has 2 rings (SSSR count). The number of rotatable bonds is 4. The van der Waals surface area contributed by atoms with Crippen LogP contribution in [0.1, 0.15) is 17.3 Å². The van der Waals surface area contributed by atoms with Gasteiger partial charge in [-0.1, -0.05) is 41.4 Å². The Morgan fingerprint density at radius 3 is 2.30 bits per heavy atom. The van der Waals surface area contributed by atoms with Crippen LogP contribution < -0.4 is 4.90 Å². The summed E-state index contributed by atoms with van der Waals surface area (Å²) in [5.74, 6) is -0.963. The fraction of sp³-hybridized carbons (Fsp3) is 0.176. The third-order valence-electron chi connectivity index (χ3n) is 3.26. The lowest BCUT2D eigenvalue weighted by molar-refractivity contribution is -0.126. The van der Waals surface area contributed by atoms with E-state index in [1.807, 2.05) is 18.2 Å². The van der Waals surface area contributed by atoms with Crippen molar-refractivity contribution in [2.45, 2.75) is 13.0 Å². The molecule has 1 atom stereocenters. The lowest BCUT2D eigenvalue weighted by Crippen LogP contribution is -2.37. The van der Waals surface area contributed by atoms with E-state index in [4.69, 9.17) is 27.9 Å². The van der Waals surface area contributed by atoms with E-state index in [0.717, 1.165) is 5.69 Å². The van der Waals surface area contributed by atoms with Gasteiger partial charge >= 0.3 is 5.97 Å². The molecule has 2 aromatic carbocycles. The molecule has 23 heavy (non-hydrogen) atoms. The Hall–Kier alpha value is -2.04. The molecule has 0 aliphatic rings. The number of likely N-dealkylation sites (N-methyl/N-ethyl adjacent to an activating group) is 1. The van der Waals surface area contributed by atoms with Gasteiger partial charge in [0.2, 0.25) is 0 Å².